The lowest BCUT2D eigenvalue weighted by Crippen LogP contribution is -2.41. The molecule has 0 bridgehead atoms. The van der Waals surface area contributed by atoms with Gasteiger partial charge in [0.05, 0.1) is 30.5 Å². The van der Waals surface area contributed by atoms with Crippen LogP contribution in [0, 0.1) is 5.92 Å². The molecule has 1 aliphatic heterocycles. The molecule has 5 heteroatoms. The Balaban J connectivity index is 1.74. The molecule has 5 nitrogen and oxygen atoms in total. The molecule has 20 heavy (non-hydrogen) atoms. The van der Waals surface area contributed by atoms with Gasteiger partial charge in [-0.1, -0.05) is 6.07 Å². The predicted molar refractivity (Wildman–Crippen MR) is 75.7 cm³/mol. The van der Waals surface area contributed by atoms with Crippen molar-refractivity contribution < 1.29 is 14.3 Å². The second-order valence-corrected chi connectivity index (χ2v) is 5.47. The van der Waals surface area contributed by atoms with Gasteiger partial charge >= 0.3 is 0 Å². The molecule has 0 aromatic heterocycles. The van der Waals surface area contributed by atoms with Crippen LogP contribution in [0.15, 0.2) is 18.2 Å². The number of hydrogen-bond donors (Lipinski definition) is 2. The molecule has 1 aliphatic carbocycles. The van der Waals surface area contributed by atoms with Crippen LogP contribution in [-0.2, 0) is 4.74 Å². The van der Waals surface area contributed by atoms with Crippen LogP contribution in [0.5, 0.6) is 5.75 Å². The molecular formula is C15H20N2O3. The largest absolute Gasteiger partial charge is 0.494 e. The van der Waals surface area contributed by atoms with Crippen molar-refractivity contribution in [1.82, 2.24) is 5.32 Å². The first-order chi connectivity index (χ1) is 9.70. The Morgan fingerprint density at radius 3 is 2.90 bits per heavy atom. The maximum Gasteiger partial charge on any atom is 0.255 e. The minimum atomic E-state index is -0.143. The van der Waals surface area contributed by atoms with Gasteiger partial charge in [-0.2, -0.15) is 0 Å². The summed E-state index contributed by atoms with van der Waals surface area (Å²) in [5, 5.41) is 3.07. The first kappa shape index (κ1) is 13.2. The number of rotatable bonds is 4. The molecule has 1 saturated heterocycles. The zero-order chi connectivity index (χ0) is 14.1. The van der Waals surface area contributed by atoms with Crippen LogP contribution in [0.4, 0.5) is 5.69 Å². The summed E-state index contributed by atoms with van der Waals surface area (Å²) in [6.45, 7) is 0.722. The van der Waals surface area contributed by atoms with Crippen molar-refractivity contribution in [2.75, 3.05) is 19.5 Å². The number of benzene rings is 1. The molecule has 108 valence electrons. The van der Waals surface area contributed by atoms with Crippen LogP contribution in [0.1, 0.15) is 29.6 Å². The quantitative estimate of drug-likeness (QED) is 0.819. The van der Waals surface area contributed by atoms with Crippen molar-refractivity contribution in [3.05, 3.63) is 23.8 Å². The smallest absolute Gasteiger partial charge is 0.255 e. The van der Waals surface area contributed by atoms with Crippen molar-refractivity contribution in [2.24, 2.45) is 5.92 Å². The van der Waals surface area contributed by atoms with Crippen molar-refractivity contribution >= 4 is 11.6 Å². The summed E-state index contributed by atoms with van der Waals surface area (Å²) in [7, 11) is 1.52. The maximum atomic E-state index is 12.4. The zero-order valence-electron chi connectivity index (χ0n) is 11.6. The third-order valence-electron chi connectivity index (χ3n) is 4.03. The van der Waals surface area contributed by atoms with Gasteiger partial charge < -0.3 is 20.5 Å². The number of carbonyl (C=O) groups excluding carboxylic acids is 1. The number of nitrogens with two attached hydrogens (primary N) is 1. The first-order valence-electron chi connectivity index (χ1n) is 7.05. The summed E-state index contributed by atoms with van der Waals surface area (Å²) in [5.74, 6) is 0.910. The van der Waals surface area contributed by atoms with Crippen molar-refractivity contribution in [3.8, 4) is 5.75 Å². The fraction of sp³-hybridized carbons (Fsp3) is 0.533. The second kappa shape index (κ2) is 5.32. The van der Waals surface area contributed by atoms with Gasteiger partial charge in [-0.25, -0.2) is 0 Å². The van der Waals surface area contributed by atoms with E-state index in [0.29, 0.717) is 22.9 Å². The van der Waals surface area contributed by atoms with Crippen molar-refractivity contribution in [1.29, 1.82) is 0 Å². The highest BCUT2D eigenvalue weighted by molar-refractivity contribution is 5.98. The Labute approximate surface area is 118 Å². The number of amides is 1. The Morgan fingerprint density at radius 2 is 2.20 bits per heavy atom. The van der Waals surface area contributed by atoms with Crippen molar-refractivity contribution in [2.45, 2.75) is 31.4 Å². The second-order valence-electron chi connectivity index (χ2n) is 5.47. The lowest BCUT2D eigenvalue weighted by Gasteiger charge is -2.20. The van der Waals surface area contributed by atoms with Crippen molar-refractivity contribution in [3.63, 3.8) is 0 Å². The fourth-order valence-corrected chi connectivity index (χ4v) is 2.86. The van der Waals surface area contributed by atoms with Crippen LogP contribution in [0.25, 0.3) is 0 Å². The number of methoxy groups -OCH3 is 1. The van der Waals surface area contributed by atoms with E-state index in [1.807, 2.05) is 0 Å². The number of nitrogen functional groups attached to an aromatic ring is 1. The van der Waals surface area contributed by atoms with E-state index in [2.05, 4.69) is 5.32 Å². The van der Waals surface area contributed by atoms with Crippen LogP contribution < -0.4 is 15.8 Å². The number of carbonyl (C=O) groups is 1. The van der Waals surface area contributed by atoms with Crippen LogP contribution >= 0.6 is 0 Å². The summed E-state index contributed by atoms with van der Waals surface area (Å²) in [6.07, 6.45) is 3.46. The van der Waals surface area contributed by atoms with Crippen LogP contribution in [-0.4, -0.2) is 31.8 Å². The highest BCUT2D eigenvalue weighted by Gasteiger charge is 2.41. The van der Waals surface area contributed by atoms with E-state index >= 15 is 0 Å². The predicted octanol–water partition coefficient (Wildman–Crippen LogP) is 1.57. The monoisotopic (exact) mass is 276 g/mol. The molecule has 1 aromatic rings. The van der Waals surface area contributed by atoms with Crippen LogP contribution in [0.3, 0.4) is 0 Å². The first-order valence-corrected chi connectivity index (χ1v) is 7.05. The Bertz CT molecular complexity index is 514. The van der Waals surface area contributed by atoms with E-state index in [1.54, 1.807) is 18.2 Å². The molecule has 1 aromatic carbocycles. The molecule has 1 heterocycles. The molecular weight excluding hydrogens is 256 g/mol. The molecule has 2 unspecified atom stereocenters. The van der Waals surface area contributed by atoms with E-state index in [-0.39, 0.29) is 18.1 Å². The highest BCUT2D eigenvalue weighted by atomic mass is 16.5. The molecule has 0 spiro atoms. The molecule has 2 atom stereocenters. The zero-order valence-corrected chi connectivity index (χ0v) is 11.6. The normalized spacial score (nSPS) is 25.4. The van der Waals surface area contributed by atoms with Gasteiger partial charge in [-0.05, 0) is 37.3 Å². The van der Waals surface area contributed by atoms with E-state index in [9.17, 15) is 4.79 Å². The third kappa shape index (κ3) is 2.45. The average Bonchev–Trinajstić information content (AvgIpc) is 3.19. The number of anilines is 1. The highest BCUT2D eigenvalue weighted by Crippen LogP contribution is 2.39. The molecule has 3 rings (SSSR count). The summed E-state index contributed by atoms with van der Waals surface area (Å²) in [4.78, 5) is 12.4. The summed E-state index contributed by atoms with van der Waals surface area (Å²) < 4.78 is 11.0. The number of hydrogen-bond acceptors (Lipinski definition) is 4. The Morgan fingerprint density at radius 1 is 1.40 bits per heavy atom. The van der Waals surface area contributed by atoms with Gasteiger partial charge in [0.25, 0.3) is 5.91 Å². The third-order valence-corrected chi connectivity index (χ3v) is 4.03. The van der Waals surface area contributed by atoms with E-state index < -0.39 is 0 Å². The topological polar surface area (TPSA) is 73.6 Å². The molecule has 1 saturated carbocycles. The van der Waals surface area contributed by atoms with Gasteiger partial charge in [0, 0.05) is 6.61 Å². The molecule has 3 N–H and O–H groups in total. The maximum absolute atomic E-state index is 12.4. The van der Waals surface area contributed by atoms with Crippen LogP contribution in [0.2, 0.25) is 0 Å². The minimum absolute atomic E-state index is 0.0983. The molecule has 2 fully saturated rings. The fourth-order valence-electron chi connectivity index (χ4n) is 2.86. The van der Waals surface area contributed by atoms with E-state index in [4.69, 9.17) is 15.2 Å². The van der Waals surface area contributed by atoms with E-state index in [1.165, 1.54) is 20.0 Å². The lowest BCUT2D eigenvalue weighted by atomic mass is 10.1. The standard InChI is InChI=1S/C15H20N2O3/c1-19-14-10(3-2-4-11(14)16)15(18)17-12-7-8-20-13(12)9-5-6-9/h2-4,9,12-13H,5-8,16H2,1H3,(H,17,18). The van der Waals surface area contributed by atoms with Gasteiger partial charge in [0.2, 0.25) is 0 Å². The number of nitrogens with one attached hydrogen (secondary N) is 1. The molecule has 2 aliphatic rings. The number of ether oxygens (including phenoxy) is 2. The minimum Gasteiger partial charge on any atom is -0.494 e. The van der Waals surface area contributed by atoms with Gasteiger partial charge in [-0.15, -0.1) is 0 Å². The van der Waals surface area contributed by atoms with Gasteiger partial charge in [-0.3, -0.25) is 4.79 Å². The number of para-hydroxylation sites is 1. The lowest BCUT2D eigenvalue weighted by molar-refractivity contribution is 0.0728. The average molecular weight is 276 g/mol. The van der Waals surface area contributed by atoms with Gasteiger partial charge in [0.15, 0.2) is 5.75 Å². The molecule has 0 radical (unpaired) electrons. The van der Waals surface area contributed by atoms with Gasteiger partial charge in [0.1, 0.15) is 0 Å². The summed E-state index contributed by atoms with van der Waals surface area (Å²) in [5.41, 5.74) is 6.79. The molecule has 1 amide bonds. The Hall–Kier alpha value is -1.75. The summed E-state index contributed by atoms with van der Waals surface area (Å²) in [6, 6.07) is 5.31. The SMILES string of the molecule is COc1c(N)cccc1C(=O)NC1CCOC1C1CC1. The van der Waals surface area contributed by atoms with E-state index in [0.717, 1.165) is 13.0 Å². The summed E-state index contributed by atoms with van der Waals surface area (Å²) >= 11 is 0. The Kier molecular flexibility index (Phi) is 3.53.